The van der Waals surface area contributed by atoms with Crippen LogP contribution >= 0.6 is 27.7 Å². The highest BCUT2D eigenvalue weighted by molar-refractivity contribution is 9.10. The van der Waals surface area contributed by atoms with E-state index in [1.807, 2.05) is 6.92 Å². The molecule has 0 fully saturated rings. The topological polar surface area (TPSA) is 35.2 Å². The third-order valence-electron chi connectivity index (χ3n) is 2.02. The van der Waals surface area contributed by atoms with Crippen molar-refractivity contribution >= 4 is 27.7 Å². The monoisotopic (exact) mass is 289 g/mol. The summed E-state index contributed by atoms with van der Waals surface area (Å²) in [5.41, 5.74) is 6.97. The first kappa shape index (κ1) is 13.0. The maximum atomic E-state index is 5.83. The van der Waals surface area contributed by atoms with E-state index >= 15 is 0 Å². The molecule has 2 N–H and O–H groups in total. The van der Waals surface area contributed by atoms with Gasteiger partial charge in [0.15, 0.2) is 0 Å². The molecule has 1 unspecified atom stereocenters. The molecule has 1 rings (SSSR count). The number of hydrogen-bond acceptors (Lipinski definition) is 3. The number of thioether (sulfide) groups is 1. The van der Waals surface area contributed by atoms with E-state index in [0.717, 1.165) is 22.4 Å². The quantitative estimate of drug-likeness (QED) is 0.668. The molecule has 0 aliphatic heterocycles. The van der Waals surface area contributed by atoms with Crippen LogP contribution in [0.15, 0.2) is 27.6 Å². The summed E-state index contributed by atoms with van der Waals surface area (Å²) in [6.07, 6.45) is 0. The molecule has 0 radical (unpaired) electrons. The number of ether oxygens (including phenoxy) is 1. The Morgan fingerprint density at radius 1 is 1.53 bits per heavy atom. The summed E-state index contributed by atoms with van der Waals surface area (Å²) in [6, 6.07) is 6.35. The van der Waals surface area contributed by atoms with Crippen molar-refractivity contribution in [2.45, 2.75) is 17.9 Å². The van der Waals surface area contributed by atoms with E-state index in [2.05, 4.69) is 34.1 Å². The zero-order chi connectivity index (χ0) is 11.3. The number of halogens is 1. The van der Waals surface area contributed by atoms with Gasteiger partial charge in [-0.3, -0.25) is 0 Å². The van der Waals surface area contributed by atoms with Crippen LogP contribution in [-0.4, -0.2) is 19.5 Å². The molecule has 0 spiro atoms. The van der Waals surface area contributed by atoms with Gasteiger partial charge in [-0.2, -0.15) is 0 Å². The van der Waals surface area contributed by atoms with Crippen molar-refractivity contribution < 1.29 is 4.74 Å². The second-order valence-corrected chi connectivity index (χ2v) is 5.34. The fourth-order valence-electron chi connectivity index (χ4n) is 1.21. The van der Waals surface area contributed by atoms with Gasteiger partial charge in [0, 0.05) is 28.3 Å². The predicted molar refractivity (Wildman–Crippen MR) is 69.3 cm³/mol. The highest BCUT2D eigenvalue weighted by Gasteiger charge is 2.05. The van der Waals surface area contributed by atoms with Gasteiger partial charge >= 0.3 is 0 Å². The second kappa shape index (κ2) is 6.53. The SMILES string of the molecule is COCCSc1ccc(C(C)N)c(Br)c1. The van der Waals surface area contributed by atoms with Crippen LogP contribution < -0.4 is 5.73 Å². The average molecular weight is 290 g/mol. The largest absolute Gasteiger partial charge is 0.384 e. The van der Waals surface area contributed by atoms with Crippen molar-refractivity contribution in [2.75, 3.05) is 19.5 Å². The molecule has 0 amide bonds. The summed E-state index contributed by atoms with van der Waals surface area (Å²) in [4.78, 5) is 1.24. The Labute approximate surface area is 104 Å². The molecule has 1 atom stereocenters. The minimum Gasteiger partial charge on any atom is -0.384 e. The Balaban J connectivity index is 2.65. The highest BCUT2D eigenvalue weighted by Crippen LogP contribution is 2.27. The van der Waals surface area contributed by atoms with E-state index in [4.69, 9.17) is 10.5 Å². The van der Waals surface area contributed by atoms with Gasteiger partial charge < -0.3 is 10.5 Å². The Bertz CT molecular complexity index is 317. The molecule has 0 saturated carbocycles. The molecule has 0 aromatic heterocycles. The van der Waals surface area contributed by atoms with Crippen molar-refractivity contribution in [3.05, 3.63) is 28.2 Å². The lowest BCUT2D eigenvalue weighted by Crippen LogP contribution is -2.05. The van der Waals surface area contributed by atoms with Crippen LogP contribution in [0.4, 0.5) is 0 Å². The molecule has 1 aromatic rings. The number of methoxy groups -OCH3 is 1. The van der Waals surface area contributed by atoms with Gasteiger partial charge in [-0.25, -0.2) is 0 Å². The van der Waals surface area contributed by atoms with Gasteiger partial charge in [0.2, 0.25) is 0 Å². The van der Waals surface area contributed by atoms with Crippen molar-refractivity contribution in [2.24, 2.45) is 5.73 Å². The fourth-order valence-corrected chi connectivity index (χ4v) is 2.95. The molecule has 0 bridgehead atoms. The fraction of sp³-hybridized carbons (Fsp3) is 0.455. The molecule has 0 aliphatic rings. The molecule has 1 aromatic carbocycles. The molecular formula is C11H16BrNOS. The predicted octanol–water partition coefficient (Wildman–Crippen LogP) is 3.21. The number of benzene rings is 1. The van der Waals surface area contributed by atoms with Gasteiger partial charge in [-0.1, -0.05) is 22.0 Å². The Hall–Kier alpha value is -0.0300. The summed E-state index contributed by atoms with van der Waals surface area (Å²) < 4.78 is 6.09. The standard InChI is InChI=1S/C11H16BrNOS/c1-8(13)10-4-3-9(7-11(10)12)15-6-5-14-2/h3-4,7-8H,5-6,13H2,1-2H3. The van der Waals surface area contributed by atoms with Crippen LogP contribution in [0, 0.1) is 0 Å². The van der Waals surface area contributed by atoms with E-state index in [-0.39, 0.29) is 6.04 Å². The summed E-state index contributed by atoms with van der Waals surface area (Å²) in [6.45, 7) is 2.76. The highest BCUT2D eigenvalue weighted by atomic mass is 79.9. The Morgan fingerprint density at radius 2 is 2.27 bits per heavy atom. The Kier molecular flexibility index (Phi) is 5.68. The lowest BCUT2D eigenvalue weighted by molar-refractivity contribution is 0.218. The molecule has 15 heavy (non-hydrogen) atoms. The molecule has 0 heterocycles. The molecular weight excluding hydrogens is 274 g/mol. The first-order valence-electron chi connectivity index (χ1n) is 4.82. The van der Waals surface area contributed by atoms with Crippen LogP contribution in [0.3, 0.4) is 0 Å². The maximum Gasteiger partial charge on any atom is 0.0556 e. The number of rotatable bonds is 5. The molecule has 2 nitrogen and oxygen atoms in total. The van der Waals surface area contributed by atoms with Crippen LogP contribution in [0.25, 0.3) is 0 Å². The summed E-state index contributed by atoms with van der Waals surface area (Å²) >= 11 is 5.32. The van der Waals surface area contributed by atoms with Crippen LogP contribution in [0.1, 0.15) is 18.5 Å². The first-order chi connectivity index (χ1) is 7.15. The van der Waals surface area contributed by atoms with Gasteiger partial charge in [0.1, 0.15) is 0 Å². The van der Waals surface area contributed by atoms with Crippen molar-refractivity contribution in [3.8, 4) is 0 Å². The van der Waals surface area contributed by atoms with E-state index in [1.54, 1.807) is 18.9 Å². The smallest absolute Gasteiger partial charge is 0.0556 e. The number of hydrogen-bond donors (Lipinski definition) is 1. The van der Waals surface area contributed by atoms with Gasteiger partial charge in [-0.15, -0.1) is 11.8 Å². The van der Waals surface area contributed by atoms with Gasteiger partial charge in [-0.05, 0) is 24.6 Å². The van der Waals surface area contributed by atoms with Crippen molar-refractivity contribution in [1.29, 1.82) is 0 Å². The lowest BCUT2D eigenvalue weighted by atomic mass is 10.1. The molecule has 4 heteroatoms. The molecule has 0 aliphatic carbocycles. The minimum absolute atomic E-state index is 0.0670. The van der Waals surface area contributed by atoms with E-state index in [0.29, 0.717) is 0 Å². The maximum absolute atomic E-state index is 5.83. The lowest BCUT2D eigenvalue weighted by Gasteiger charge is -2.10. The second-order valence-electron chi connectivity index (χ2n) is 3.31. The Morgan fingerprint density at radius 3 is 2.80 bits per heavy atom. The van der Waals surface area contributed by atoms with Gasteiger partial charge in [0.25, 0.3) is 0 Å². The summed E-state index contributed by atoms with van der Waals surface area (Å²) in [7, 11) is 1.72. The van der Waals surface area contributed by atoms with Gasteiger partial charge in [0.05, 0.1) is 6.61 Å². The first-order valence-corrected chi connectivity index (χ1v) is 6.59. The zero-order valence-electron chi connectivity index (χ0n) is 9.00. The number of nitrogens with two attached hydrogens (primary N) is 1. The summed E-state index contributed by atoms with van der Waals surface area (Å²) in [5, 5.41) is 0. The van der Waals surface area contributed by atoms with Crippen LogP contribution in [0.5, 0.6) is 0 Å². The molecule has 0 saturated heterocycles. The normalized spacial score (nSPS) is 12.8. The van der Waals surface area contributed by atoms with Crippen molar-refractivity contribution in [3.63, 3.8) is 0 Å². The zero-order valence-corrected chi connectivity index (χ0v) is 11.4. The van der Waals surface area contributed by atoms with Crippen LogP contribution in [0.2, 0.25) is 0 Å². The minimum atomic E-state index is 0.0670. The third-order valence-corrected chi connectivity index (χ3v) is 3.66. The summed E-state index contributed by atoms with van der Waals surface area (Å²) in [5.74, 6) is 0.973. The van der Waals surface area contributed by atoms with E-state index in [1.165, 1.54) is 4.90 Å². The van der Waals surface area contributed by atoms with E-state index < -0.39 is 0 Å². The van der Waals surface area contributed by atoms with Crippen molar-refractivity contribution in [1.82, 2.24) is 0 Å². The average Bonchev–Trinajstić information content (AvgIpc) is 2.17. The van der Waals surface area contributed by atoms with Crippen LogP contribution in [-0.2, 0) is 4.74 Å². The van der Waals surface area contributed by atoms with E-state index in [9.17, 15) is 0 Å². The molecule has 84 valence electrons. The third kappa shape index (κ3) is 4.15.